The van der Waals surface area contributed by atoms with Gasteiger partial charge in [-0.2, -0.15) is 0 Å². The van der Waals surface area contributed by atoms with Gasteiger partial charge >= 0.3 is 5.97 Å². The van der Waals surface area contributed by atoms with E-state index < -0.39 is 23.9 Å². The molecule has 0 saturated heterocycles. The van der Waals surface area contributed by atoms with E-state index >= 15 is 0 Å². The average molecular weight is 317 g/mol. The van der Waals surface area contributed by atoms with Crippen LogP contribution in [-0.2, 0) is 20.8 Å². The van der Waals surface area contributed by atoms with Gasteiger partial charge in [-0.1, -0.05) is 32.9 Å². The zero-order valence-electron chi connectivity index (χ0n) is 13.3. The van der Waals surface area contributed by atoms with Gasteiger partial charge in [0.1, 0.15) is 5.75 Å². The minimum Gasteiger partial charge on any atom is -0.478 e. The number of aliphatic carboxylic acids is 1. The number of fused-ring (bicyclic) bond motifs is 1. The van der Waals surface area contributed by atoms with Crippen molar-refractivity contribution in [3.05, 3.63) is 35.9 Å². The summed E-state index contributed by atoms with van der Waals surface area (Å²) in [5, 5.41) is 8.68. The number of nitrogens with zero attached hydrogens (tertiary/aromatic N) is 1. The van der Waals surface area contributed by atoms with Gasteiger partial charge in [-0.25, -0.2) is 9.69 Å². The molecule has 1 aliphatic heterocycles. The fourth-order valence-corrected chi connectivity index (χ4v) is 2.45. The maximum absolute atomic E-state index is 12.6. The van der Waals surface area contributed by atoms with Gasteiger partial charge in [0, 0.05) is 12.2 Å². The summed E-state index contributed by atoms with van der Waals surface area (Å²) in [6.45, 7) is 5.62. The summed E-state index contributed by atoms with van der Waals surface area (Å²) in [7, 11) is 0. The number of carboxylic acids is 1. The first kappa shape index (κ1) is 16.7. The van der Waals surface area contributed by atoms with Crippen molar-refractivity contribution in [1.82, 2.24) is 0 Å². The molecule has 1 heterocycles. The smallest absolute Gasteiger partial charge is 0.328 e. The molecular weight excluding hydrogens is 298 g/mol. The second-order valence-corrected chi connectivity index (χ2v) is 5.58. The Labute approximate surface area is 134 Å². The third-order valence-electron chi connectivity index (χ3n) is 3.60. The van der Waals surface area contributed by atoms with Crippen molar-refractivity contribution >= 4 is 23.5 Å². The summed E-state index contributed by atoms with van der Waals surface area (Å²) < 4.78 is 5.85. The molecule has 0 bridgehead atoms. The number of imide groups is 1. The summed E-state index contributed by atoms with van der Waals surface area (Å²) in [6.07, 6.45) is 1.51. The van der Waals surface area contributed by atoms with Crippen molar-refractivity contribution in [3.8, 4) is 5.75 Å². The van der Waals surface area contributed by atoms with Crippen molar-refractivity contribution in [2.45, 2.75) is 33.3 Å². The summed E-state index contributed by atoms with van der Waals surface area (Å²) >= 11 is 0. The molecule has 6 heteroatoms. The van der Waals surface area contributed by atoms with Gasteiger partial charge in [0.25, 0.3) is 11.8 Å². The number of carbonyl (C=O) groups excluding carboxylic acids is 2. The number of benzene rings is 1. The van der Waals surface area contributed by atoms with Crippen LogP contribution in [0.5, 0.6) is 5.75 Å². The van der Waals surface area contributed by atoms with Crippen molar-refractivity contribution in [3.63, 3.8) is 0 Å². The Bertz CT molecular complexity index is 678. The topological polar surface area (TPSA) is 83.9 Å². The quantitative estimate of drug-likeness (QED) is 0.860. The fraction of sp³-hybridized carbons (Fsp3) is 0.353. The minimum atomic E-state index is -1.25. The molecule has 0 aromatic heterocycles. The molecule has 1 atom stereocenters. The van der Waals surface area contributed by atoms with Crippen LogP contribution in [0.1, 0.15) is 26.3 Å². The van der Waals surface area contributed by atoms with Gasteiger partial charge in [-0.05, 0) is 24.0 Å². The number of carbonyl (C=O) groups is 3. The third-order valence-corrected chi connectivity index (χ3v) is 3.60. The molecule has 1 aliphatic rings. The number of aryl methyl sites for hydroxylation is 1. The Hall–Kier alpha value is -2.63. The third kappa shape index (κ3) is 3.26. The summed E-state index contributed by atoms with van der Waals surface area (Å²) in [5.41, 5.74) is 1.24. The van der Waals surface area contributed by atoms with Crippen LogP contribution in [0.25, 0.3) is 0 Å². The van der Waals surface area contributed by atoms with Crippen LogP contribution < -0.4 is 9.64 Å². The number of amides is 2. The fourth-order valence-electron chi connectivity index (χ4n) is 2.45. The van der Waals surface area contributed by atoms with E-state index in [-0.39, 0.29) is 5.92 Å². The first-order valence-electron chi connectivity index (χ1n) is 7.44. The molecule has 2 rings (SSSR count). The minimum absolute atomic E-state index is 0.126. The lowest BCUT2D eigenvalue weighted by Gasteiger charge is -2.35. The van der Waals surface area contributed by atoms with E-state index in [0.717, 1.165) is 22.6 Å². The standard InChI is InChI=1S/C17H19NO5/c1-4-11-6-5-7-12-16(11)23-15(10(2)3)17(22)18(12)13(19)8-9-14(20)21/h5-10,15H,4H2,1-3H3,(H,20,21)/b9-8+. The molecule has 0 spiro atoms. The van der Waals surface area contributed by atoms with Gasteiger partial charge < -0.3 is 9.84 Å². The van der Waals surface area contributed by atoms with Gasteiger partial charge in [0.05, 0.1) is 5.69 Å². The highest BCUT2D eigenvalue weighted by molar-refractivity contribution is 6.22. The number of ether oxygens (including phenoxy) is 1. The molecule has 2 amide bonds. The van der Waals surface area contributed by atoms with Crippen LogP contribution in [0.15, 0.2) is 30.4 Å². The molecule has 122 valence electrons. The van der Waals surface area contributed by atoms with E-state index in [1.807, 2.05) is 26.8 Å². The van der Waals surface area contributed by atoms with E-state index in [1.165, 1.54) is 0 Å². The molecule has 0 saturated carbocycles. The first-order chi connectivity index (χ1) is 10.9. The van der Waals surface area contributed by atoms with E-state index in [1.54, 1.807) is 12.1 Å². The Kier molecular flexibility index (Phi) is 4.83. The lowest BCUT2D eigenvalue weighted by molar-refractivity contribution is -0.133. The lowest BCUT2D eigenvalue weighted by Crippen LogP contribution is -2.50. The molecule has 23 heavy (non-hydrogen) atoms. The number of para-hydroxylation sites is 1. The SMILES string of the molecule is CCc1cccc2c1OC(C(C)C)C(=O)N2C(=O)/C=C/C(=O)O. The normalized spacial score (nSPS) is 17.3. The van der Waals surface area contributed by atoms with Crippen molar-refractivity contribution in [2.24, 2.45) is 5.92 Å². The highest BCUT2D eigenvalue weighted by Crippen LogP contribution is 2.39. The zero-order chi connectivity index (χ0) is 17.1. The van der Waals surface area contributed by atoms with Gasteiger partial charge in [-0.15, -0.1) is 0 Å². The van der Waals surface area contributed by atoms with E-state index in [4.69, 9.17) is 9.84 Å². The summed E-state index contributed by atoms with van der Waals surface area (Å²) in [6, 6.07) is 5.24. The Balaban J connectivity index is 2.54. The van der Waals surface area contributed by atoms with Crippen LogP contribution in [-0.4, -0.2) is 29.0 Å². The second-order valence-electron chi connectivity index (χ2n) is 5.58. The van der Waals surface area contributed by atoms with Gasteiger partial charge in [-0.3, -0.25) is 9.59 Å². The van der Waals surface area contributed by atoms with Crippen LogP contribution in [0, 0.1) is 5.92 Å². The molecule has 6 nitrogen and oxygen atoms in total. The molecule has 0 aliphatic carbocycles. The molecule has 1 unspecified atom stereocenters. The summed E-state index contributed by atoms with van der Waals surface area (Å²) in [4.78, 5) is 36.6. The molecule has 0 fully saturated rings. The zero-order valence-corrected chi connectivity index (χ0v) is 13.3. The number of rotatable bonds is 4. The van der Waals surface area contributed by atoms with Crippen molar-refractivity contribution < 1.29 is 24.2 Å². The second kappa shape index (κ2) is 6.64. The van der Waals surface area contributed by atoms with Crippen LogP contribution >= 0.6 is 0 Å². The monoisotopic (exact) mass is 317 g/mol. The number of anilines is 1. The highest BCUT2D eigenvalue weighted by Gasteiger charge is 2.39. The van der Waals surface area contributed by atoms with Crippen LogP contribution in [0.3, 0.4) is 0 Å². The van der Waals surface area contributed by atoms with Crippen LogP contribution in [0.2, 0.25) is 0 Å². The Morgan fingerprint density at radius 2 is 2.04 bits per heavy atom. The molecule has 0 radical (unpaired) electrons. The van der Waals surface area contributed by atoms with Crippen LogP contribution in [0.4, 0.5) is 5.69 Å². The maximum Gasteiger partial charge on any atom is 0.328 e. The van der Waals surface area contributed by atoms with E-state index in [9.17, 15) is 14.4 Å². The predicted molar refractivity (Wildman–Crippen MR) is 84.3 cm³/mol. The molecule has 1 aromatic carbocycles. The number of carboxylic acid groups (broad SMARTS) is 1. The largest absolute Gasteiger partial charge is 0.478 e. The number of hydrogen-bond donors (Lipinski definition) is 1. The molecule has 1 N–H and O–H groups in total. The van der Waals surface area contributed by atoms with E-state index in [0.29, 0.717) is 17.9 Å². The van der Waals surface area contributed by atoms with Crippen molar-refractivity contribution in [2.75, 3.05) is 4.90 Å². The highest BCUT2D eigenvalue weighted by atomic mass is 16.5. The summed E-state index contributed by atoms with van der Waals surface area (Å²) in [5.74, 6) is -2.05. The Morgan fingerprint density at radius 1 is 1.35 bits per heavy atom. The number of hydrogen-bond acceptors (Lipinski definition) is 4. The molecular formula is C17H19NO5. The molecule has 1 aromatic rings. The predicted octanol–water partition coefficient (Wildman–Crippen LogP) is 2.17. The Morgan fingerprint density at radius 3 is 2.61 bits per heavy atom. The first-order valence-corrected chi connectivity index (χ1v) is 7.44. The van der Waals surface area contributed by atoms with Gasteiger partial charge in [0.2, 0.25) is 0 Å². The lowest BCUT2D eigenvalue weighted by atomic mass is 10.0. The average Bonchev–Trinajstić information content (AvgIpc) is 2.50. The van der Waals surface area contributed by atoms with Gasteiger partial charge in [0.15, 0.2) is 6.10 Å². The van der Waals surface area contributed by atoms with Crippen molar-refractivity contribution in [1.29, 1.82) is 0 Å². The van der Waals surface area contributed by atoms with E-state index in [2.05, 4.69) is 0 Å². The maximum atomic E-state index is 12.6.